The van der Waals surface area contributed by atoms with Crippen molar-refractivity contribution >= 4 is 0 Å². The molecule has 1 aromatic carbocycles. The Morgan fingerprint density at radius 2 is 1.91 bits per heavy atom. The predicted molar refractivity (Wildman–Crippen MR) is 94.0 cm³/mol. The number of hydrogen-bond acceptors (Lipinski definition) is 0. The second-order valence-corrected chi connectivity index (χ2v) is 8.61. The molecule has 1 aromatic rings. The van der Waals surface area contributed by atoms with Gasteiger partial charge in [-0.25, -0.2) is 0 Å². The number of aryl methyl sites for hydroxylation is 1. The van der Waals surface area contributed by atoms with Crippen molar-refractivity contribution in [2.45, 2.75) is 64.2 Å². The van der Waals surface area contributed by atoms with Gasteiger partial charge in [0.1, 0.15) is 0 Å². The summed E-state index contributed by atoms with van der Waals surface area (Å²) in [7, 11) is 0. The Bertz CT molecular complexity index is 585. The van der Waals surface area contributed by atoms with Crippen LogP contribution >= 0.6 is 0 Å². The van der Waals surface area contributed by atoms with Crippen LogP contribution in [-0.2, 0) is 11.8 Å². The smallest absolute Gasteiger partial charge is 0.00388 e. The number of allylic oxidation sites excluding steroid dienone is 1. The Balaban J connectivity index is 1.79. The van der Waals surface area contributed by atoms with Crippen molar-refractivity contribution in [1.29, 1.82) is 0 Å². The highest BCUT2D eigenvalue weighted by Gasteiger charge is 2.57. The van der Waals surface area contributed by atoms with Gasteiger partial charge in [-0.05, 0) is 78.2 Å². The first kappa shape index (κ1) is 14.5. The molecule has 3 aliphatic carbocycles. The van der Waals surface area contributed by atoms with Crippen LogP contribution in [0.5, 0.6) is 0 Å². The van der Waals surface area contributed by atoms with Gasteiger partial charge in [0.25, 0.3) is 0 Å². The van der Waals surface area contributed by atoms with Crippen molar-refractivity contribution in [1.82, 2.24) is 0 Å². The van der Waals surface area contributed by atoms with Crippen LogP contribution in [0.4, 0.5) is 0 Å². The summed E-state index contributed by atoms with van der Waals surface area (Å²) in [6.45, 7) is 9.37. The predicted octanol–water partition coefficient (Wildman–Crippen LogP) is 5.91. The van der Waals surface area contributed by atoms with E-state index in [0.29, 0.717) is 10.8 Å². The minimum Gasteiger partial charge on any atom is -0.103 e. The summed E-state index contributed by atoms with van der Waals surface area (Å²) in [6, 6.07) is 9.29. The number of hydrogen-bond donors (Lipinski definition) is 0. The summed E-state index contributed by atoms with van der Waals surface area (Å²) in [4.78, 5) is 0. The molecule has 2 saturated carbocycles. The van der Waals surface area contributed by atoms with Crippen LogP contribution in [0.3, 0.4) is 0 Å². The van der Waals surface area contributed by atoms with Crippen molar-refractivity contribution in [2.24, 2.45) is 23.2 Å². The third-order valence-electron chi connectivity index (χ3n) is 7.79. The molecule has 0 bridgehead atoms. The van der Waals surface area contributed by atoms with Crippen molar-refractivity contribution in [3.8, 4) is 0 Å². The Morgan fingerprint density at radius 1 is 1.09 bits per heavy atom. The van der Waals surface area contributed by atoms with E-state index in [4.69, 9.17) is 0 Å². The van der Waals surface area contributed by atoms with Crippen molar-refractivity contribution in [2.75, 3.05) is 0 Å². The highest BCUT2D eigenvalue weighted by atomic mass is 14.6. The number of rotatable bonds is 1. The molecule has 3 aliphatic rings. The van der Waals surface area contributed by atoms with Crippen LogP contribution < -0.4 is 0 Å². The molecule has 0 spiro atoms. The quantitative estimate of drug-likeness (QED) is 0.565. The molecule has 0 saturated heterocycles. The maximum atomic E-state index is 4.16. The van der Waals surface area contributed by atoms with Gasteiger partial charge in [-0.1, -0.05) is 50.6 Å². The first-order chi connectivity index (χ1) is 10.6. The highest BCUT2D eigenvalue weighted by molar-refractivity contribution is 5.39. The molecular weight excluding hydrogens is 264 g/mol. The lowest BCUT2D eigenvalue weighted by Crippen LogP contribution is -2.55. The standard InChI is InChI=1S/C22H30/c1-4-16-9-7-14-21(2)19(16)13-15-22(3)18-10-6-5-8-17(18)11-12-20(21)22/h4-6,8,10,16,19-20H,1,7,9,11-15H2,2-3H3. The van der Waals surface area contributed by atoms with Crippen molar-refractivity contribution in [3.63, 3.8) is 0 Å². The maximum absolute atomic E-state index is 4.16. The van der Waals surface area contributed by atoms with E-state index < -0.39 is 0 Å². The average Bonchev–Trinajstić information content (AvgIpc) is 2.53. The molecule has 0 N–H and O–H groups in total. The van der Waals surface area contributed by atoms with E-state index in [1.165, 1.54) is 44.9 Å². The van der Waals surface area contributed by atoms with E-state index in [9.17, 15) is 0 Å². The van der Waals surface area contributed by atoms with E-state index in [2.05, 4.69) is 50.8 Å². The normalized spacial score (nSPS) is 43.6. The number of fused-ring (bicyclic) bond motifs is 5. The molecule has 0 aliphatic heterocycles. The van der Waals surface area contributed by atoms with Gasteiger partial charge in [0.15, 0.2) is 0 Å². The van der Waals surface area contributed by atoms with Crippen molar-refractivity contribution in [3.05, 3.63) is 48.0 Å². The summed E-state index contributed by atoms with van der Waals surface area (Å²) in [5.41, 5.74) is 4.23. The monoisotopic (exact) mass is 294 g/mol. The summed E-state index contributed by atoms with van der Waals surface area (Å²) >= 11 is 0. The molecular formula is C22H30. The van der Waals surface area contributed by atoms with E-state index in [1.54, 1.807) is 11.1 Å². The summed E-state index contributed by atoms with van der Waals surface area (Å²) in [6.07, 6.45) is 11.9. The van der Waals surface area contributed by atoms with Crippen LogP contribution in [0.2, 0.25) is 0 Å². The van der Waals surface area contributed by atoms with Gasteiger partial charge in [-0.15, -0.1) is 6.58 Å². The summed E-state index contributed by atoms with van der Waals surface area (Å²) in [5.74, 6) is 2.50. The first-order valence-corrected chi connectivity index (χ1v) is 9.30. The molecule has 0 heteroatoms. The molecule has 0 amide bonds. The fourth-order valence-corrected chi connectivity index (χ4v) is 6.78. The topological polar surface area (TPSA) is 0 Å². The Kier molecular flexibility index (Phi) is 3.29. The molecule has 5 unspecified atom stereocenters. The van der Waals surface area contributed by atoms with Crippen LogP contribution in [-0.4, -0.2) is 0 Å². The zero-order valence-corrected chi connectivity index (χ0v) is 14.3. The molecule has 0 radical (unpaired) electrons. The summed E-state index contributed by atoms with van der Waals surface area (Å²) < 4.78 is 0. The zero-order chi connectivity index (χ0) is 15.4. The van der Waals surface area contributed by atoms with Crippen LogP contribution in [0.25, 0.3) is 0 Å². The van der Waals surface area contributed by atoms with Crippen LogP contribution in [0.1, 0.15) is 63.5 Å². The molecule has 0 aromatic heterocycles. The average molecular weight is 294 g/mol. The SMILES string of the molecule is C=CC1CCCC2(C)C1CCC1(C)c3ccccc3CCC12. The fraction of sp³-hybridized carbons (Fsp3) is 0.636. The molecule has 4 rings (SSSR count). The minimum absolute atomic E-state index is 0.406. The van der Waals surface area contributed by atoms with E-state index >= 15 is 0 Å². The lowest BCUT2D eigenvalue weighted by atomic mass is 9.43. The van der Waals surface area contributed by atoms with Gasteiger partial charge in [-0.2, -0.15) is 0 Å². The van der Waals surface area contributed by atoms with Crippen LogP contribution in [0, 0.1) is 23.2 Å². The molecule has 22 heavy (non-hydrogen) atoms. The lowest BCUT2D eigenvalue weighted by Gasteiger charge is -2.62. The van der Waals surface area contributed by atoms with Gasteiger partial charge < -0.3 is 0 Å². The summed E-state index contributed by atoms with van der Waals surface area (Å²) in [5, 5.41) is 0. The molecule has 0 nitrogen and oxygen atoms in total. The fourth-order valence-electron chi connectivity index (χ4n) is 6.78. The third-order valence-corrected chi connectivity index (χ3v) is 7.79. The molecule has 2 fully saturated rings. The van der Waals surface area contributed by atoms with E-state index in [1.807, 2.05) is 0 Å². The molecule has 5 atom stereocenters. The Hall–Kier alpha value is -1.04. The largest absolute Gasteiger partial charge is 0.103 e. The molecule has 0 heterocycles. The number of benzene rings is 1. The molecule has 118 valence electrons. The Morgan fingerprint density at radius 3 is 2.73 bits per heavy atom. The van der Waals surface area contributed by atoms with Gasteiger partial charge in [0.05, 0.1) is 0 Å². The lowest BCUT2D eigenvalue weighted by molar-refractivity contribution is -0.0717. The minimum atomic E-state index is 0.406. The van der Waals surface area contributed by atoms with Gasteiger partial charge in [0, 0.05) is 0 Å². The van der Waals surface area contributed by atoms with Gasteiger partial charge in [-0.3, -0.25) is 0 Å². The Labute approximate surface area is 136 Å². The third kappa shape index (κ3) is 1.82. The first-order valence-electron chi connectivity index (χ1n) is 9.30. The van der Waals surface area contributed by atoms with Crippen LogP contribution in [0.15, 0.2) is 36.9 Å². The van der Waals surface area contributed by atoms with Gasteiger partial charge >= 0.3 is 0 Å². The second kappa shape index (κ2) is 4.98. The highest BCUT2D eigenvalue weighted by Crippen LogP contribution is 2.64. The van der Waals surface area contributed by atoms with E-state index in [-0.39, 0.29) is 0 Å². The zero-order valence-electron chi connectivity index (χ0n) is 14.3. The van der Waals surface area contributed by atoms with E-state index in [0.717, 1.165) is 17.8 Å². The van der Waals surface area contributed by atoms with Crippen molar-refractivity contribution < 1.29 is 0 Å². The van der Waals surface area contributed by atoms with Gasteiger partial charge in [0.2, 0.25) is 0 Å². The second-order valence-electron chi connectivity index (χ2n) is 8.61. The maximum Gasteiger partial charge on any atom is -0.00388 e.